The van der Waals surface area contributed by atoms with Gasteiger partial charge in [0.15, 0.2) is 0 Å². The highest BCUT2D eigenvalue weighted by Crippen LogP contribution is 2.27. The number of nitrogens with one attached hydrogen (secondary N) is 1. The zero-order valence-corrected chi connectivity index (χ0v) is 17.0. The molecule has 4 aromatic rings. The van der Waals surface area contributed by atoms with Crippen LogP contribution < -0.4 is 14.9 Å². The summed E-state index contributed by atoms with van der Waals surface area (Å²) in [4.78, 5) is 12.8. The molecule has 0 saturated heterocycles. The number of hydrogen-bond acceptors (Lipinski definition) is 4. The first-order valence-electron chi connectivity index (χ1n) is 9.69. The van der Waals surface area contributed by atoms with E-state index >= 15 is 0 Å². The summed E-state index contributed by atoms with van der Waals surface area (Å²) in [5, 5.41) is 8.08. The number of methoxy groups -OCH3 is 1. The molecule has 0 bridgehead atoms. The van der Waals surface area contributed by atoms with Crippen LogP contribution in [-0.2, 0) is 0 Å². The van der Waals surface area contributed by atoms with E-state index in [0.29, 0.717) is 17.1 Å². The van der Waals surface area contributed by atoms with Gasteiger partial charge in [0.1, 0.15) is 18.1 Å². The predicted octanol–water partition coefficient (Wildman–Crippen LogP) is 4.78. The summed E-state index contributed by atoms with van der Waals surface area (Å²) in [5.74, 6) is 3.17. The summed E-state index contributed by atoms with van der Waals surface area (Å²) in [7, 11) is 1.54. The van der Waals surface area contributed by atoms with E-state index in [1.165, 1.54) is 7.11 Å². The molecule has 0 aliphatic rings. The fraction of sp³-hybridized carbons (Fsp3) is 0.0769. The van der Waals surface area contributed by atoms with Gasteiger partial charge in [-0.05, 0) is 39.7 Å². The molecule has 0 saturated carbocycles. The van der Waals surface area contributed by atoms with E-state index in [-0.39, 0.29) is 12.5 Å². The maximum Gasteiger partial charge on any atom is 0.275 e. The van der Waals surface area contributed by atoms with Crippen LogP contribution in [0.1, 0.15) is 15.9 Å². The average molecular weight is 408 g/mol. The van der Waals surface area contributed by atoms with E-state index < -0.39 is 0 Å². The van der Waals surface area contributed by atoms with Gasteiger partial charge in [0.05, 0.1) is 18.9 Å². The lowest BCUT2D eigenvalue weighted by atomic mass is 10.0. The van der Waals surface area contributed by atoms with Crippen LogP contribution in [0.2, 0.25) is 0 Å². The van der Waals surface area contributed by atoms with Gasteiger partial charge in [-0.2, -0.15) is 5.10 Å². The molecule has 0 fully saturated rings. The zero-order chi connectivity index (χ0) is 21.6. The Labute approximate surface area is 180 Å². The quantitative estimate of drug-likeness (QED) is 0.284. The van der Waals surface area contributed by atoms with Crippen LogP contribution in [0.25, 0.3) is 21.5 Å². The van der Waals surface area contributed by atoms with Crippen LogP contribution in [0.15, 0.2) is 77.9 Å². The molecule has 0 heterocycles. The van der Waals surface area contributed by atoms with Gasteiger partial charge < -0.3 is 9.47 Å². The second kappa shape index (κ2) is 9.02. The molecule has 0 aromatic heterocycles. The molecule has 31 heavy (non-hydrogen) atoms. The second-order valence-corrected chi connectivity index (χ2v) is 6.79. The summed E-state index contributed by atoms with van der Waals surface area (Å²) in [5.41, 5.74) is 3.73. The Bertz CT molecular complexity index is 1340. The van der Waals surface area contributed by atoms with Crippen LogP contribution in [0, 0.1) is 12.3 Å². The normalized spacial score (nSPS) is 10.8. The lowest BCUT2D eigenvalue weighted by Gasteiger charge is -2.11. The van der Waals surface area contributed by atoms with Crippen molar-refractivity contribution in [3.8, 4) is 23.8 Å². The molecule has 0 aliphatic carbocycles. The molecule has 5 heteroatoms. The maximum absolute atomic E-state index is 12.8. The Kier molecular flexibility index (Phi) is 5.82. The first kappa shape index (κ1) is 20.0. The molecule has 4 aromatic carbocycles. The molecule has 0 aliphatic heterocycles. The van der Waals surface area contributed by atoms with Gasteiger partial charge in [0.2, 0.25) is 0 Å². The van der Waals surface area contributed by atoms with Gasteiger partial charge in [-0.15, -0.1) is 6.42 Å². The van der Waals surface area contributed by atoms with E-state index in [1.54, 1.807) is 12.3 Å². The van der Waals surface area contributed by atoms with E-state index in [1.807, 2.05) is 66.7 Å². The van der Waals surface area contributed by atoms with Crippen LogP contribution in [0.3, 0.4) is 0 Å². The number of nitrogens with zero attached hydrogens (tertiary/aromatic N) is 1. The van der Waals surface area contributed by atoms with Crippen molar-refractivity contribution in [2.24, 2.45) is 5.10 Å². The fourth-order valence-electron chi connectivity index (χ4n) is 3.44. The summed E-state index contributed by atoms with van der Waals surface area (Å²) < 4.78 is 11.1. The van der Waals surface area contributed by atoms with E-state index in [2.05, 4.69) is 16.4 Å². The Morgan fingerprint density at radius 1 is 1.00 bits per heavy atom. The lowest BCUT2D eigenvalue weighted by molar-refractivity contribution is 0.0952. The van der Waals surface area contributed by atoms with Crippen molar-refractivity contribution in [2.75, 3.05) is 13.7 Å². The average Bonchev–Trinajstić information content (AvgIpc) is 2.82. The molecule has 4 rings (SSSR count). The minimum absolute atomic E-state index is 0.139. The fourth-order valence-corrected chi connectivity index (χ4v) is 3.44. The zero-order valence-electron chi connectivity index (χ0n) is 17.0. The van der Waals surface area contributed by atoms with Gasteiger partial charge in [0.25, 0.3) is 5.91 Å². The molecule has 0 atom stereocenters. The van der Waals surface area contributed by atoms with E-state index in [0.717, 1.165) is 27.1 Å². The third kappa shape index (κ3) is 4.19. The number of benzene rings is 4. The molecule has 0 radical (unpaired) electrons. The molecule has 1 N–H and O–H groups in total. The van der Waals surface area contributed by atoms with Crippen molar-refractivity contribution in [3.05, 3.63) is 83.9 Å². The summed E-state index contributed by atoms with van der Waals surface area (Å²) in [6.45, 7) is 0.139. The highest BCUT2D eigenvalue weighted by Gasteiger charge is 2.13. The first-order chi connectivity index (χ1) is 15.2. The van der Waals surface area contributed by atoms with Crippen LogP contribution in [0.4, 0.5) is 0 Å². The topological polar surface area (TPSA) is 59.9 Å². The van der Waals surface area contributed by atoms with Crippen molar-refractivity contribution < 1.29 is 14.3 Å². The van der Waals surface area contributed by atoms with Gasteiger partial charge >= 0.3 is 0 Å². The Morgan fingerprint density at radius 2 is 1.71 bits per heavy atom. The molecule has 5 nitrogen and oxygen atoms in total. The molecule has 0 spiro atoms. The summed E-state index contributed by atoms with van der Waals surface area (Å²) >= 11 is 0. The molecule has 0 unspecified atom stereocenters. The largest absolute Gasteiger partial charge is 0.496 e. The SMILES string of the molecule is C#CCOc1ccc2ccccc2c1C=NNC(=O)c1cc2ccccc2cc1OC. The first-order valence-corrected chi connectivity index (χ1v) is 9.69. The Balaban J connectivity index is 1.64. The highest BCUT2D eigenvalue weighted by atomic mass is 16.5. The van der Waals surface area contributed by atoms with Crippen molar-refractivity contribution in [2.45, 2.75) is 0 Å². The van der Waals surface area contributed by atoms with E-state index in [4.69, 9.17) is 15.9 Å². The minimum atomic E-state index is -0.370. The van der Waals surface area contributed by atoms with Gasteiger partial charge in [-0.1, -0.05) is 60.5 Å². The number of carbonyl (C=O) groups is 1. The molecular formula is C26H20N2O3. The number of amides is 1. The number of carbonyl (C=O) groups excluding carboxylic acids is 1. The number of terminal acetylenes is 1. The van der Waals surface area contributed by atoms with Crippen molar-refractivity contribution in [1.29, 1.82) is 0 Å². The summed E-state index contributed by atoms with van der Waals surface area (Å²) in [6.07, 6.45) is 6.90. The third-order valence-electron chi connectivity index (χ3n) is 4.91. The lowest BCUT2D eigenvalue weighted by Crippen LogP contribution is -2.18. The molecule has 1 amide bonds. The van der Waals surface area contributed by atoms with Crippen molar-refractivity contribution >= 4 is 33.7 Å². The smallest absolute Gasteiger partial charge is 0.275 e. The number of hydrazone groups is 1. The van der Waals surface area contributed by atoms with Gasteiger partial charge in [-0.3, -0.25) is 4.79 Å². The molecule has 152 valence electrons. The maximum atomic E-state index is 12.8. The minimum Gasteiger partial charge on any atom is -0.496 e. The standard InChI is InChI=1S/C26H20N2O3/c1-3-14-31-24-13-12-18-8-6-7-11-21(18)23(24)17-27-28-26(29)22-15-19-9-4-5-10-20(19)16-25(22)30-2/h1,4-13,15-17H,14H2,2H3,(H,28,29). The van der Waals surface area contributed by atoms with Crippen LogP contribution >= 0.6 is 0 Å². The number of rotatable bonds is 6. The van der Waals surface area contributed by atoms with Crippen molar-refractivity contribution in [1.82, 2.24) is 5.43 Å². The molecular weight excluding hydrogens is 388 g/mol. The van der Waals surface area contributed by atoms with E-state index in [9.17, 15) is 4.79 Å². The number of fused-ring (bicyclic) bond motifs is 2. The predicted molar refractivity (Wildman–Crippen MR) is 124 cm³/mol. The van der Waals surface area contributed by atoms with Crippen LogP contribution in [0.5, 0.6) is 11.5 Å². The Hall–Kier alpha value is -4.30. The highest BCUT2D eigenvalue weighted by molar-refractivity contribution is 6.04. The van der Waals surface area contributed by atoms with Gasteiger partial charge in [0, 0.05) is 5.56 Å². The number of ether oxygens (including phenoxy) is 2. The van der Waals surface area contributed by atoms with Crippen molar-refractivity contribution in [3.63, 3.8) is 0 Å². The third-order valence-corrected chi connectivity index (χ3v) is 4.91. The number of hydrogen-bond donors (Lipinski definition) is 1. The van der Waals surface area contributed by atoms with Gasteiger partial charge in [-0.25, -0.2) is 5.43 Å². The second-order valence-electron chi connectivity index (χ2n) is 6.79. The summed E-state index contributed by atoms with van der Waals surface area (Å²) in [6, 6.07) is 23.1. The monoisotopic (exact) mass is 408 g/mol. The Morgan fingerprint density at radius 3 is 2.45 bits per heavy atom. The van der Waals surface area contributed by atoms with Crippen LogP contribution in [-0.4, -0.2) is 25.8 Å².